The third-order valence-corrected chi connectivity index (χ3v) is 3.79. The summed E-state index contributed by atoms with van der Waals surface area (Å²) in [5.41, 5.74) is 0.715. The summed E-state index contributed by atoms with van der Waals surface area (Å²) < 4.78 is 5.64. The monoisotopic (exact) mass is 306 g/mol. The average Bonchev–Trinajstić information content (AvgIpc) is 2.49. The van der Waals surface area contributed by atoms with Gasteiger partial charge in [0, 0.05) is 26.2 Å². The van der Waals surface area contributed by atoms with Crippen molar-refractivity contribution in [3.8, 4) is 0 Å². The van der Waals surface area contributed by atoms with Crippen molar-refractivity contribution in [3.63, 3.8) is 0 Å². The Balaban J connectivity index is 1.97. The van der Waals surface area contributed by atoms with E-state index < -0.39 is 0 Å². The highest BCUT2D eigenvalue weighted by molar-refractivity contribution is 5.89. The maximum absolute atomic E-state index is 12.3. The molecule has 6 heteroatoms. The number of rotatable bonds is 4. The number of anilines is 2. The normalized spacial score (nSPS) is 21.5. The van der Waals surface area contributed by atoms with E-state index >= 15 is 0 Å². The molecule has 1 aliphatic heterocycles. The van der Waals surface area contributed by atoms with E-state index in [-0.39, 0.29) is 18.2 Å². The smallest absolute Gasteiger partial charge is 0.322 e. The van der Waals surface area contributed by atoms with Crippen molar-refractivity contribution in [2.45, 2.75) is 39.9 Å². The summed E-state index contributed by atoms with van der Waals surface area (Å²) in [4.78, 5) is 20.7. The van der Waals surface area contributed by atoms with E-state index in [9.17, 15) is 4.79 Å². The zero-order valence-corrected chi connectivity index (χ0v) is 13.9. The van der Waals surface area contributed by atoms with Crippen molar-refractivity contribution in [3.05, 3.63) is 18.3 Å². The lowest BCUT2D eigenvalue weighted by molar-refractivity contribution is -0.0530. The molecule has 2 rings (SSSR count). The minimum Gasteiger partial charge on any atom is -0.372 e. The van der Waals surface area contributed by atoms with Gasteiger partial charge in [-0.05, 0) is 39.8 Å². The number of morpholine rings is 1. The van der Waals surface area contributed by atoms with Crippen LogP contribution < -0.4 is 10.2 Å². The quantitative estimate of drug-likeness (QED) is 0.929. The zero-order chi connectivity index (χ0) is 16.1. The predicted octanol–water partition coefficient (Wildman–Crippen LogP) is 2.57. The molecule has 2 heterocycles. The average molecular weight is 306 g/mol. The van der Waals surface area contributed by atoms with Crippen molar-refractivity contribution < 1.29 is 9.53 Å². The van der Waals surface area contributed by atoms with Gasteiger partial charge in [0.25, 0.3) is 0 Å². The first-order valence-electron chi connectivity index (χ1n) is 7.95. The first kappa shape index (κ1) is 16.5. The van der Waals surface area contributed by atoms with Crippen LogP contribution in [0.5, 0.6) is 0 Å². The van der Waals surface area contributed by atoms with Gasteiger partial charge in [0.15, 0.2) is 0 Å². The standard InChI is InChI=1S/C16H26N4O2/c1-5-19(6-2)15-8-7-14(9-17-15)18-16(21)20-10-12(3)22-13(4)11-20/h7-9,12-13H,5-6,10-11H2,1-4H3,(H,18,21)/t12-,13-/m0/s1. The van der Waals surface area contributed by atoms with Crippen LogP contribution in [0.25, 0.3) is 0 Å². The molecule has 0 radical (unpaired) electrons. The SMILES string of the molecule is CCN(CC)c1ccc(NC(=O)N2C[C@H](C)O[C@@H](C)C2)cn1. The van der Waals surface area contributed by atoms with Gasteiger partial charge in [-0.2, -0.15) is 0 Å². The van der Waals surface area contributed by atoms with Crippen LogP contribution in [-0.4, -0.2) is 54.3 Å². The largest absolute Gasteiger partial charge is 0.372 e. The van der Waals surface area contributed by atoms with Gasteiger partial charge in [-0.25, -0.2) is 9.78 Å². The summed E-state index contributed by atoms with van der Waals surface area (Å²) in [5, 5.41) is 2.91. The second-order valence-electron chi connectivity index (χ2n) is 5.67. The van der Waals surface area contributed by atoms with Crippen LogP contribution >= 0.6 is 0 Å². The van der Waals surface area contributed by atoms with Gasteiger partial charge >= 0.3 is 6.03 Å². The maximum Gasteiger partial charge on any atom is 0.322 e. The zero-order valence-electron chi connectivity index (χ0n) is 13.9. The van der Waals surface area contributed by atoms with Crippen LogP contribution in [0.1, 0.15) is 27.7 Å². The second kappa shape index (κ2) is 7.45. The number of amides is 2. The maximum atomic E-state index is 12.3. The Labute approximate surface area is 132 Å². The molecule has 0 bridgehead atoms. The molecule has 0 aliphatic carbocycles. The molecule has 1 aromatic heterocycles. The van der Waals surface area contributed by atoms with Crippen molar-refractivity contribution in [1.82, 2.24) is 9.88 Å². The van der Waals surface area contributed by atoms with Crippen molar-refractivity contribution >= 4 is 17.5 Å². The first-order chi connectivity index (χ1) is 10.5. The van der Waals surface area contributed by atoms with Crippen LogP contribution in [0.4, 0.5) is 16.3 Å². The number of nitrogens with one attached hydrogen (secondary N) is 1. The third-order valence-electron chi connectivity index (χ3n) is 3.79. The summed E-state index contributed by atoms with van der Waals surface area (Å²) in [6, 6.07) is 3.73. The van der Waals surface area contributed by atoms with Crippen LogP contribution in [0.2, 0.25) is 0 Å². The Morgan fingerprint density at radius 1 is 1.32 bits per heavy atom. The van der Waals surface area contributed by atoms with Crippen LogP contribution in [0.15, 0.2) is 18.3 Å². The molecule has 1 fully saturated rings. The fourth-order valence-electron chi connectivity index (χ4n) is 2.74. The van der Waals surface area contributed by atoms with E-state index in [1.54, 1.807) is 11.1 Å². The second-order valence-corrected chi connectivity index (χ2v) is 5.67. The van der Waals surface area contributed by atoms with Crippen molar-refractivity contribution in [2.75, 3.05) is 36.4 Å². The van der Waals surface area contributed by atoms with Gasteiger partial charge in [0.05, 0.1) is 24.1 Å². The van der Waals surface area contributed by atoms with Crippen molar-refractivity contribution in [2.24, 2.45) is 0 Å². The molecule has 1 aliphatic rings. The number of urea groups is 1. The number of aromatic nitrogens is 1. The molecular formula is C16H26N4O2. The Bertz CT molecular complexity index is 477. The molecule has 6 nitrogen and oxygen atoms in total. The number of carbonyl (C=O) groups is 1. The number of ether oxygens (including phenoxy) is 1. The highest BCUT2D eigenvalue weighted by atomic mass is 16.5. The minimum absolute atomic E-state index is 0.0673. The molecule has 0 aromatic carbocycles. The summed E-state index contributed by atoms with van der Waals surface area (Å²) in [6.45, 7) is 11.2. The lowest BCUT2D eigenvalue weighted by atomic mass is 10.2. The Kier molecular flexibility index (Phi) is 5.60. The third kappa shape index (κ3) is 4.10. The van der Waals surface area contributed by atoms with Gasteiger partial charge in [0.1, 0.15) is 5.82 Å². The van der Waals surface area contributed by atoms with E-state index in [0.29, 0.717) is 18.8 Å². The molecule has 1 saturated heterocycles. The molecule has 0 unspecified atom stereocenters. The lowest BCUT2D eigenvalue weighted by Crippen LogP contribution is -2.49. The molecule has 122 valence electrons. The Morgan fingerprint density at radius 3 is 2.45 bits per heavy atom. The number of hydrogen-bond donors (Lipinski definition) is 1. The minimum atomic E-state index is -0.0978. The van der Waals surface area contributed by atoms with E-state index in [1.807, 2.05) is 26.0 Å². The van der Waals surface area contributed by atoms with Gasteiger partial charge < -0.3 is 19.9 Å². The van der Waals surface area contributed by atoms with E-state index in [4.69, 9.17) is 4.74 Å². The topological polar surface area (TPSA) is 57.7 Å². The molecule has 0 spiro atoms. The summed E-state index contributed by atoms with van der Waals surface area (Å²) >= 11 is 0. The fraction of sp³-hybridized carbons (Fsp3) is 0.625. The number of hydrogen-bond acceptors (Lipinski definition) is 4. The van der Waals surface area contributed by atoms with Gasteiger partial charge in [-0.1, -0.05) is 0 Å². The Morgan fingerprint density at radius 2 is 1.95 bits per heavy atom. The van der Waals surface area contributed by atoms with Crippen LogP contribution in [0, 0.1) is 0 Å². The van der Waals surface area contributed by atoms with Gasteiger partial charge in [-0.15, -0.1) is 0 Å². The summed E-state index contributed by atoms with van der Waals surface area (Å²) in [7, 11) is 0. The number of pyridine rings is 1. The molecule has 1 aromatic rings. The Hall–Kier alpha value is -1.82. The summed E-state index contributed by atoms with van der Waals surface area (Å²) in [6.07, 6.45) is 1.84. The molecule has 2 amide bonds. The number of carbonyl (C=O) groups excluding carboxylic acids is 1. The molecule has 22 heavy (non-hydrogen) atoms. The highest BCUT2D eigenvalue weighted by Crippen LogP contribution is 2.16. The number of nitrogens with zero attached hydrogens (tertiary/aromatic N) is 3. The first-order valence-corrected chi connectivity index (χ1v) is 7.95. The van der Waals surface area contributed by atoms with Crippen molar-refractivity contribution in [1.29, 1.82) is 0 Å². The lowest BCUT2D eigenvalue weighted by Gasteiger charge is -2.35. The van der Waals surface area contributed by atoms with E-state index in [2.05, 4.69) is 29.0 Å². The molecule has 2 atom stereocenters. The van der Waals surface area contributed by atoms with Gasteiger partial charge in [-0.3, -0.25) is 0 Å². The highest BCUT2D eigenvalue weighted by Gasteiger charge is 2.25. The van der Waals surface area contributed by atoms with Crippen LogP contribution in [0.3, 0.4) is 0 Å². The van der Waals surface area contributed by atoms with E-state index in [0.717, 1.165) is 18.9 Å². The van der Waals surface area contributed by atoms with Crippen LogP contribution in [-0.2, 0) is 4.74 Å². The van der Waals surface area contributed by atoms with Gasteiger partial charge in [0.2, 0.25) is 0 Å². The van der Waals surface area contributed by atoms with E-state index in [1.165, 1.54) is 0 Å². The fourth-order valence-corrected chi connectivity index (χ4v) is 2.74. The molecule has 0 saturated carbocycles. The molecule has 1 N–H and O–H groups in total. The molecular weight excluding hydrogens is 280 g/mol. The summed E-state index contributed by atoms with van der Waals surface area (Å²) in [5.74, 6) is 0.927. The predicted molar refractivity (Wildman–Crippen MR) is 88.4 cm³/mol.